The van der Waals surface area contributed by atoms with E-state index in [2.05, 4.69) is 9.97 Å². The molecule has 0 saturated heterocycles. The van der Waals surface area contributed by atoms with Gasteiger partial charge in [0.05, 0.1) is 16.0 Å². The maximum absolute atomic E-state index is 12.6. The molecule has 8 heteroatoms. The molecule has 5 nitrogen and oxygen atoms in total. The predicted molar refractivity (Wildman–Crippen MR) is 110 cm³/mol. The van der Waals surface area contributed by atoms with Crippen LogP contribution in [0.5, 0.6) is 0 Å². The highest BCUT2D eigenvalue weighted by molar-refractivity contribution is 8.00. The average molecular weight is 408 g/mol. The Morgan fingerprint density at radius 3 is 2.62 bits per heavy atom. The Bertz CT molecular complexity index is 1090. The molecule has 2 N–H and O–H groups in total. The molecule has 3 rings (SSSR count). The van der Waals surface area contributed by atoms with Gasteiger partial charge in [-0.2, -0.15) is 0 Å². The van der Waals surface area contributed by atoms with Crippen molar-refractivity contribution in [3.8, 4) is 0 Å². The van der Waals surface area contributed by atoms with Crippen molar-refractivity contribution < 1.29 is 8.42 Å². The Kier molecular flexibility index (Phi) is 5.28. The Hall–Kier alpha value is -1.64. The smallest absolute Gasteiger partial charge is 0.190 e. The number of aromatic nitrogens is 2. The van der Waals surface area contributed by atoms with Crippen LogP contribution in [0.15, 0.2) is 28.3 Å². The molecule has 0 fully saturated rings. The van der Waals surface area contributed by atoms with Gasteiger partial charge < -0.3 is 5.73 Å². The second-order valence-corrected chi connectivity index (χ2v) is 10.6. The number of anilines is 1. The highest BCUT2D eigenvalue weighted by atomic mass is 32.2. The van der Waals surface area contributed by atoms with E-state index in [1.807, 2.05) is 39.8 Å². The van der Waals surface area contributed by atoms with Crippen LogP contribution in [0.25, 0.3) is 10.2 Å². The Balaban J connectivity index is 1.77. The van der Waals surface area contributed by atoms with Crippen molar-refractivity contribution in [2.75, 3.05) is 17.2 Å². The van der Waals surface area contributed by atoms with E-state index in [0.29, 0.717) is 21.6 Å². The Morgan fingerprint density at radius 2 is 1.88 bits per heavy atom. The van der Waals surface area contributed by atoms with Gasteiger partial charge in [-0.1, -0.05) is 23.9 Å². The molecule has 3 aromatic rings. The lowest BCUT2D eigenvalue weighted by molar-refractivity contribution is 0.597. The molecule has 0 saturated carbocycles. The second-order valence-electron chi connectivity index (χ2n) is 6.29. The van der Waals surface area contributed by atoms with Gasteiger partial charge in [0.1, 0.15) is 10.6 Å². The average Bonchev–Trinajstić information content (AvgIpc) is 2.84. The summed E-state index contributed by atoms with van der Waals surface area (Å²) in [4.78, 5) is 11.3. The van der Waals surface area contributed by atoms with E-state index >= 15 is 0 Å². The number of thiophene rings is 1. The van der Waals surface area contributed by atoms with Crippen LogP contribution >= 0.6 is 23.1 Å². The number of rotatable bonds is 5. The fourth-order valence-corrected chi connectivity index (χ4v) is 6.67. The minimum Gasteiger partial charge on any atom is -0.383 e. The summed E-state index contributed by atoms with van der Waals surface area (Å²) in [5.41, 5.74) is 8.90. The number of fused-ring (bicyclic) bond motifs is 1. The largest absolute Gasteiger partial charge is 0.383 e. The third-order valence-corrected chi connectivity index (χ3v) is 8.36. The third kappa shape index (κ3) is 3.72. The molecule has 1 aromatic carbocycles. The number of hydrogen-bond acceptors (Lipinski definition) is 7. The fraction of sp³-hybridized carbons (Fsp3) is 0.333. The highest BCUT2D eigenvalue weighted by Crippen LogP contribution is 2.33. The number of nitrogen functional groups attached to an aromatic ring is 1. The summed E-state index contributed by atoms with van der Waals surface area (Å²) in [6.07, 6.45) is 0. The van der Waals surface area contributed by atoms with Crippen molar-refractivity contribution >= 4 is 49.0 Å². The standard InChI is InChI=1S/C18H21N3O2S3/c1-10-5-6-11(2)14(9-10)26(22,23)8-7-24-18-20-16(19)15-12(3)13(4)25-17(15)21-18/h5-6,9H,7-8H2,1-4H3,(H2,19,20,21). The van der Waals surface area contributed by atoms with Crippen LogP contribution in [-0.2, 0) is 9.84 Å². The molecule has 0 spiro atoms. The maximum atomic E-state index is 12.6. The van der Waals surface area contributed by atoms with Crippen molar-refractivity contribution in [2.45, 2.75) is 37.7 Å². The van der Waals surface area contributed by atoms with Crippen LogP contribution in [0.2, 0.25) is 0 Å². The van der Waals surface area contributed by atoms with Gasteiger partial charge in [0.15, 0.2) is 15.0 Å². The van der Waals surface area contributed by atoms with Crippen LogP contribution < -0.4 is 5.73 Å². The van der Waals surface area contributed by atoms with Crippen molar-refractivity contribution in [3.63, 3.8) is 0 Å². The second kappa shape index (κ2) is 7.17. The van der Waals surface area contributed by atoms with Gasteiger partial charge in [0, 0.05) is 10.6 Å². The van der Waals surface area contributed by atoms with Crippen molar-refractivity contribution in [1.29, 1.82) is 0 Å². The van der Waals surface area contributed by atoms with Gasteiger partial charge in [-0.25, -0.2) is 18.4 Å². The van der Waals surface area contributed by atoms with Crippen LogP contribution in [-0.4, -0.2) is 29.9 Å². The maximum Gasteiger partial charge on any atom is 0.190 e. The zero-order valence-electron chi connectivity index (χ0n) is 15.2. The van der Waals surface area contributed by atoms with E-state index in [0.717, 1.165) is 26.9 Å². The molecule has 0 aliphatic rings. The lowest BCUT2D eigenvalue weighted by atomic mass is 10.2. The molecule has 2 heterocycles. The first-order chi connectivity index (χ1) is 12.2. The molecule has 26 heavy (non-hydrogen) atoms. The van der Waals surface area contributed by atoms with Gasteiger partial charge in [-0.15, -0.1) is 11.3 Å². The quantitative estimate of drug-likeness (QED) is 0.507. The molecule has 0 aliphatic heterocycles. The number of thioether (sulfide) groups is 1. The molecule has 0 radical (unpaired) electrons. The van der Waals surface area contributed by atoms with Crippen molar-refractivity contribution in [1.82, 2.24) is 9.97 Å². The summed E-state index contributed by atoms with van der Waals surface area (Å²) in [6, 6.07) is 5.49. The molecule has 0 atom stereocenters. The molecule has 0 aliphatic carbocycles. The molecule has 2 aromatic heterocycles. The summed E-state index contributed by atoms with van der Waals surface area (Å²) in [5, 5.41) is 1.42. The summed E-state index contributed by atoms with van der Waals surface area (Å²) in [7, 11) is -3.34. The molecular formula is C18H21N3O2S3. The zero-order chi connectivity index (χ0) is 19.1. The fourth-order valence-electron chi connectivity index (χ4n) is 2.72. The first kappa shape index (κ1) is 19.1. The van der Waals surface area contributed by atoms with E-state index in [-0.39, 0.29) is 5.75 Å². The Morgan fingerprint density at radius 1 is 1.15 bits per heavy atom. The first-order valence-corrected chi connectivity index (χ1v) is 11.6. The summed E-state index contributed by atoms with van der Waals surface area (Å²) in [6.45, 7) is 7.75. The molecule has 0 amide bonds. The van der Waals surface area contributed by atoms with Gasteiger partial charge in [-0.3, -0.25) is 0 Å². The number of sulfone groups is 1. The normalized spacial score (nSPS) is 12.0. The van der Waals surface area contributed by atoms with Gasteiger partial charge >= 0.3 is 0 Å². The summed E-state index contributed by atoms with van der Waals surface area (Å²) in [5.74, 6) is 0.868. The van der Waals surface area contributed by atoms with Crippen LogP contribution in [0, 0.1) is 27.7 Å². The Labute approximate surface area is 162 Å². The summed E-state index contributed by atoms with van der Waals surface area (Å²) < 4.78 is 25.3. The van der Waals surface area contributed by atoms with E-state index < -0.39 is 9.84 Å². The van der Waals surface area contributed by atoms with Gasteiger partial charge in [0.25, 0.3) is 0 Å². The topological polar surface area (TPSA) is 85.9 Å². The number of nitrogens with two attached hydrogens (primary N) is 1. The predicted octanol–water partition coefficient (Wildman–Crippen LogP) is 4.07. The lowest BCUT2D eigenvalue weighted by Crippen LogP contribution is -2.11. The monoisotopic (exact) mass is 407 g/mol. The van der Waals surface area contributed by atoms with E-state index in [4.69, 9.17) is 5.73 Å². The number of nitrogens with zero attached hydrogens (tertiary/aromatic N) is 2. The molecular weight excluding hydrogens is 386 g/mol. The molecule has 138 valence electrons. The van der Waals surface area contributed by atoms with Crippen molar-refractivity contribution in [2.24, 2.45) is 0 Å². The van der Waals surface area contributed by atoms with E-state index in [9.17, 15) is 8.42 Å². The van der Waals surface area contributed by atoms with Gasteiger partial charge in [0.2, 0.25) is 0 Å². The van der Waals surface area contributed by atoms with E-state index in [1.165, 1.54) is 16.6 Å². The van der Waals surface area contributed by atoms with Crippen molar-refractivity contribution in [3.05, 3.63) is 39.8 Å². The zero-order valence-corrected chi connectivity index (χ0v) is 17.6. The minimum absolute atomic E-state index is 0.0335. The minimum atomic E-state index is -3.34. The SMILES string of the molecule is Cc1ccc(C)c(S(=O)(=O)CCSc2nc(N)c3c(C)c(C)sc3n2)c1. The third-order valence-electron chi connectivity index (χ3n) is 4.30. The van der Waals surface area contributed by atoms with Gasteiger partial charge in [-0.05, 0) is 50.5 Å². The number of benzene rings is 1. The van der Waals surface area contributed by atoms with Crippen LogP contribution in [0.3, 0.4) is 0 Å². The van der Waals surface area contributed by atoms with Crippen LogP contribution in [0.1, 0.15) is 21.6 Å². The number of hydrogen-bond donors (Lipinski definition) is 1. The molecule has 0 unspecified atom stereocenters. The highest BCUT2D eigenvalue weighted by Gasteiger charge is 2.18. The van der Waals surface area contributed by atoms with Crippen LogP contribution in [0.4, 0.5) is 5.82 Å². The molecule has 0 bridgehead atoms. The number of aryl methyl sites for hydroxylation is 4. The van der Waals surface area contributed by atoms with E-state index in [1.54, 1.807) is 17.4 Å². The first-order valence-electron chi connectivity index (χ1n) is 8.15. The lowest BCUT2D eigenvalue weighted by Gasteiger charge is -2.08. The summed E-state index contributed by atoms with van der Waals surface area (Å²) >= 11 is 2.91.